The quantitative estimate of drug-likeness (QED) is 0.724. The number of anilines is 1. The van der Waals surface area contributed by atoms with E-state index < -0.39 is 5.97 Å². The van der Waals surface area contributed by atoms with E-state index in [9.17, 15) is 9.59 Å². The molecule has 1 saturated carbocycles. The molecule has 5 heteroatoms. The van der Waals surface area contributed by atoms with Gasteiger partial charge in [0.05, 0.1) is 11.8 Å². The van der Waals surface area contributed by atoms with E-state index in [-0.39, 0.29) is 17.7 Å². The molecule has 2 rings (SSSR count). The van der Waals surface area contributed by atoms with Crippen LogP contribution < -0.4 is 5.32 Å². The molecular formula is C17H23NO4. The molecule has 1 aromatic rings. The van der Waals surface area contributed by atoms with Crippen LogP contribution in [0.3, 0.4) is 0 Å². The fourth-order valence-corrected chi connectivity index (χ4v) is 2.75. The largest absolute Gasteiger partial charge is 0.481 e. The zero-order valence-corrected chi connectivity index (χ0v) is 12.9. The topological polar surface area (TPSA) is 75.6 Å². The molecule has 1 aromatic carbocycles. The van der Waals surface area contributed by atoms with Crippen molar-refractivity contribution in [2.24, 2.45) is 5.41 Å². The summed E-state index contributed by atoms with van der Waals surface area (Å²) in [6.45, 7) is 3.23. The fraction of sp³-hybridized carbons (Fsp3) is 0.529. The predicted octanol–water partition coefficient (Wildman–Crippen LogP) is 2.85. The number of carbonyl (C=O) groups excluding carboxylic acids is 1. The van der Waals surface area contributed by atoms with E-state index in [1.54, 1.807) is 24.3 Å². The first-order chi connectivity index (χ1) is 10.6. The molecular weight excluding hydrogens is 282 g/mol. The van der Waals surface area contributed by atoms with Crippen molar-refractivity contribution in [3.63, 3.8) is 0 Å². The van der Waals surface area contributed by atoms with Crippen LogP contribution in [0.15, 0.2) is 24.3 Å². The van der Waals surface area contributed by atoms with Gasteiger partial charge in [-0.1, -0.05) is 18.6 Å². The minimum Gasteiger partial charge on any atom is -0.481 e. The van der Waals surface area contributed by atoms with E-state index in [0.29, 0.717) is 18.9 Å². The van der Waals surface area contributed by atoms with Crippen LogP contribution in [-0.4, -0.2) is 30.2 Å². The number of hydrogen-bond acceptors (Lipinski definition) is 3. The lowest BCUT2D eigenvalue weighted by Crippen LogP contribution is -2.42. The number of rotatable bonds is 8. The van der Waals surface area contributed by atoms with Gasteiger partial charge in [-0.2, -0.15) is 0 Å². The average Bonchev–Trinajstić information content (AvgIpc) is 2.43. The summed E-state index contributed by atoms with van der Waals surface area (Å²) in [4.78, 5) is 23.2. The first-order valence-electron chi connectivity index (χ1n) is 7.76. The smallest absolute Gasteiger partial charge is 0.307 e. The van der Waals surface area contributed by atoms with E-state index >= 15 is 0 Å². The normalized spacial score (nSPS) is 15.9. The second-order valence-corrected chi connectivity index (χ2v) is 5.80. The predicted molar refractivity (Wildman–Crippen MR) is 83.8 cm³/mol. The van der Waals surface area contributed by atoms with Crippen LogP contribution in [-0.2, 0) is 20.7 Å². The first kappa shape index (κ1) is 16.5. The second-order valence-electron chi connectivity index (χ2n) is 5.80. The number of benzene rings is 1. The summed E-state index contributed by atoms with van der Waals surface area (Å²) in [5, 5.41) is 11.7. The average molecular weight is 305 g/mol. The number of ether oxygens (including phenoxy) is 1. The Labute approximate surface area is 130 Å². The molecule has 1 fully saturated rings. The monoisotopic (exact) mass is 305 g/mol. The summed E-state index contributed by atoms with van der Waals surface area (Å²) in [6.07, 6.45) is 3.64. The molecule has 0 radical (unpaired) electrons. The van der Waals surface area contributed by atoms with Gasteiger partial charge in [-0.3, -0.25) is 9.59 Å². The Morgan fingerprint density at radius 3 is 2.45 bits per heavy atom. The minimum absolute atomic E-state index is 0.00742. The van der Waals surface area contributed by atoms with Gasteiger partial charge in [-0.15, -0.1) is 0 Å². The van der Waals surface area contributed by atoms with Crippen LogP contribution >= 0.6 is 0 Å². The molecule has 0 bridgehead atoms. The van der Waals surface area contributed by atoms with Crippen molar-refractivity contribution in [3.8, 4) is 0 Å². The highest BCUT2D eigenvalue weighted by Gasteiger charge is 2.43. The van der Waals surface area contributed by atoms with Crippen molar-refractivity contribution in [3.05, 3.63) is 29.8 Å². The Bertz CT molecular complexity index is 520. The Morgan fingerprint density at radius 2 is 1.95 bits per heavy atom. The Kier molecular flexibility index (Phi) is 5.55. The molecule has 0 saturated heterocycles. The van der Waals surface area contributed by atoms with Gasteiger partial charge in [0.2, 0.25) is 5.91 Å². The Morgan fingerprint density at radius 1 is 1.27 bits per heavy atom. The third-order valence-corrected chi connectivity index (χ3v) is 4.29. The van der Waals surface area contributed by atoms with Gasteiger partial charge in [0, 0.05) is 18.9 Å². The Hall–Kier alpha value is -1.88. The van der Waals surface area contributed by atoms with Crippen molar-refractivity contribution in [2.45, 2.75) is 39.0 Å². The van der Waals surface area contributed by atoms with Gasteiger partial charge in [0.1, 0.15) is 0 Å². The summed E-state index contributed by atoms with van der Waals surface area (Å²) in [6, 6.07) is 6.98. The van der Waals surface area contributed by atoms with Gasteiger partial charge in [0.25, 0.3) is 0 Å². The third-order valence-electron chi connectivity index (χ3n) is 4.29. The minimum atomic E-state index is -0.860. The number of hydrogen-bond donors (Lipinski definition) is 2. The van der Waals surface area contributed by atoms with Crippen molar-refractivity contribution in [1.82, 2.24) is 0 Å². The van der Waals surface area contributed by atoms with Gasteiger partial charge >= 0.3 is 5.97 Å². The molecule has 0 atom stereocenters. The molecule has 1 amide bonds. The van der Waals surface area contributed by atoms with Crippen LogP contribution in [0.1, 0.15) is 38.2 Å². The number of nitrogens with one attached hydrogen (secondary N) is 1. The molecule has 22 heavy (non-hydrogen) atoms. The second kappa shape index (κ2) is 7.40. The molecule has 0 heterocycles. The summed E-state index contributed by atoms with van der Waals surface area (Å²) in [7, 11) is 0. The maximum absolute atomic E-state index is 12.5. The van der Waals surface area contributed by atoms with Gasteiger partial charge in [-0.05, 0) is 43.9 Å². The Balaban J connectivity index is 1.93. The van der Waals surface area contributed by atoms with E-state index in [1.807, 2.05) is 6.92 Å². The molecule has 5 nitrogen and oxygen atoms in total. The van der Waals surface area contributed by atoms with Crippen molar-refractivity contribution in [2.75, 3.05) is 18.5 Å². The SMILES string of the molecule is CCOCCC1(C(=O)Nc2ccc(CC(=O)O)cc2)CCC1. The molecule has 120 valence electrons. The molecule has 1 aliphatic carbocycles. The lowest BCUT2D eigenvalue weighted by molar-refractivity contribution is -0.136. The summed E-state index contributed by atoms with van der Waals surface area (Å²) < 4.78 is 5.38. The lowest BCUT2D eigenvalue weighted by atomic mass is 9.66. The zero-order chi connectivity index (χ0) is 16.0. The third kappa shape index (κ3) is 4.07. The van der Waals surface area contributed by atoms with Crippen LogP contribution in [0.2, 0.25) is 0 Å². The number of carboxylic acids is 1. The standard InChI is InChI=1S/C17H23NO4/c1-2-22-11-10-17(8-3-9-17)16(21)18-14-6-4-13(5-7-14)12-15(19)20/h4-7H,2-3,8-12H2,1H3,(H,18,21)(H,19,20). The van der Waals surface area contributed by atoms with Crippen molar-refractivity contribution < 1.29 is 19.4 Å². The lowest BCUT2D eigenvalue weighted by Gasteiger charge is -2.40. The zero-order valence-electron chi connectivity index (χ0n) is 12.9. The highest BCUT2D eigenvalue weighted by atomic mass is 16.5. The summed E-state index contributed by atoms with van der Waals surface area (Å²) >= 11 is 0. The molecule has 1 aliphatic rings. The number of aliphatic carboxylic acids is 1. The van der Waals surface area contributed by atoms with Crippen molar-refractivity contribution in [1.29, 1.82) is 0 Å². The summed E-state index contributed by atoms with van der Waals surface area (Å²) in [5.41, 5.74) is 1.14. The number of carbonyl (C=O) groups is 2. The summed E-state index contributed by atoms with van der Waals surface area (Å²) in [5.74, 6) is -0.814. The van der Waals surface area contributed by atoms with Gasteiger partial charge < -0.3 is 15.2 Å². The maximum Gasteiger partial charge on any atom is 0.307 e. The van der Waals surface area contributed by atoms with E-state index in [4.69, 9.17) is 9.84 Å². The van der Waals surface area contributed by atoms with Crippen molar-refractivity contribution >= 4 is 17.6 Å². The van der Waals surface area contributed by atoms with E-state index in [2.05, 4.69) is 5.32 Å². The van der Waals surface area contributed by atoms with Crippen LogP contribution in [0.5, 0.6) is 0 Å². The van der Waals surface area contributed by atoms with Crippen LogP contribution in [0.25, 0.3) is 0 Å². The van der Waals surface area contributed by atoms with Crippen LogP contribution in [0.4, 0.5) is 5.69 Å². The number of amides is 1. The maximum atomic E-state index is 12.5. The highest BCUT2D eigenvalue weighted by Crippen LogP contribution is 2.44. The van der Waals surface area contributed by atoms with E-state index in [1.165, 1.54) is 0 Å². The first-order valence-corrected chi connectivity index (χ1v) is 7.76. The fourth-order valence-electron chi connectivity index (χ4n) is 2.75. The molecule has 0 aromatic heterocycles. The highest BCUT2D eigenvalue weighted by molar-refractivity contribution is 5.96. The molecule has 0 spiro atoms. The number of carboxylic acid groups (broad SMARTS) is 1. The molecule has 2 N–H and O–H groups in total. The van der Waals surface area contributed by atoms with Gasteiger partial charge in [0.15, 0.2) is 0 Å². The molecule has 0 unspecified atom stereocenters. The van der Waals surface area contributed by atoms with Gasteiger partial charge in [-0.25, -0.2) is 0 Å². The van der Waals surface area contributed by atoms with Crippen LogP contribution in [0, 0.1) is 5.41 Å². The van der Waals surface area contributed by atoms with E-state index in [0.717, 1.165) is 31.2 Å². The molecule has 0 aliphatic heterocycles.